The Kier molecular flexibility index (Phi) is 5.40. The lowest BCUT2D eigenvalue weighted by Crippen LogP contribution is -2.38. The van der Waals surface area contributed by atoms with Gasteiger partial charge >= 0.3 is 0 Å². The number of hydrogen-bond donors (Lipinski definition) is 2. The minimum atomic E-state index is -0.260. The third-order valence-electron chi connectivity index (χ3n) is 7.01. The van der Waals surface area contributed by atoms with Crippen molar-refractivity contribution in [3.8, 4) is 0 Å². The molecule has 7 nitrogen and oxygen atoms in total. The Labute approximate surface area is 204 Å². The number of likely N-dealkylation sites (tertiary alicyclic amines) is 1. The van der Waals surface area contributed by atoms with E-state index in [0.29, 0.717) is 30.0 Å². The normalized spacial score (nSPS) is 16.9. The second-order valence-corrected chi connectivity index (χ2v) is 10.1. The van der Waals surface area contributed by atoms with Crippen molar-refractivity contribution < 1.29 is 9.21 Å². The van der Waals surface area contributed by atoms with E-state index in [2.05, 4.69) is 32.3 Å². The molecule has 8 heteroatoms. The molecule has 1 amide bonds. The molecule has 0 unspecified atom stereocenters. The average Bonchev–Trinajstić information content (AvgIpc) is 3.05. The summed E-state index contributed by atoms with van der Waals surface area (Å²) >= 11 is 3.48. The molecule has 0 radical (unpaired) electrons. The molecule has 4 heterocycles. The summed E-state index contributed by atoms with van der Waals surface area (Å²) in [7, 11) is 0. The minimum Gasteiger partial charge on any atom is -0.449 e. The lowest BCUT2D eigenvalue weighted by atomic mass is 9.95. The highest BCUT2D eigenvalue weighted by atomic mass is 79.9. The van der Waals surface area contributed by atoms with E-state index >= 15 is 0 Å². The molecule has 2 aromatic carbocycles. The number of rotatable bonds is 2. The van der Waals surface area contributed by atoms with Crippen LogP contribution in [0, 0.1) is 0 Å². The first kappa shape index (κ1) is 21.4. The van der Waals surface area contributed by atoms with Crippen molar-refractivity contribution in [3.05, 3.63) is 68.2 Å². The van der Waals surface area contributed by atoms with E-state index in [0.717, 1.165) is 59.8 Å². The molecule has 2 N–H and O–H groups in total. The van der Waals surface area contributed by atoms with Gasteiger partial charge in [0, 0.05) is 46.7 Å². The molecule has 0 spiro atoms. The molecule has 0 saturated carbocycles. The SMILES string of the molecule is O=C(c1ccc2c(c1)CCCCN2)N1CCC(c2nc3c(oc4ccc(Br)cc43)c(=O)[nH]2)CC1. The number of carbonyl (C=O) groups excluding carboxylic acids is 1. The smallest absolute Gasteiger partial charge is 0.294 e. The van der Waals surface area contributed by atoms with Crippen LogP contribution in [0.15, 0.2) is 50.1 Å². The molecule has 4 aromatic rings. The first-order valence-corrected chi connectivity index (χ1v) is 12.6. The molecule has 2 aromatic heterocycles. The molecular weight excluding hydrogens is 496 g/mol. The van der Waals surface area contributed by atoms with Crippen LogP contribution in [0.3, 0.4) is 0 Å². The highest BCUT2D eigenvalue weighted by molar-refractivity contribution is 9.10. The first-order chi connectivity index (χ1) is 16.6. The number of carbonyl (C=O) groups is 1. The zero-order chi connectivity index (χ0) is 23.2. The van der Waals surface area contributed by atoms with Crippen molar-refractivity contribution in [2.45, 2.75) is 38.0 Å². The Hall–Kier alpha value is -3.13. The molecule has 0 aliphatic carbocycles. The van der Waals surface area contributed by atoms with E-state index < -0.39 is 0 Å². The number of nitrogens with zero attached hydrogens (tertiary/aromatic N) is 2. The zero-order valence-corrected chi connectivity index (χ0v) is 20.3. The Morgan fingerprint density at radius 1 is 1.12 bits per heavy atom. The predicted octanol–water partition coefficient (Wildman–Crippen LogP) is 5.20. The third-order valence-corrected chi connectivity index (χ3v) is 7.51. The van der Waals surface area contributed by atoms with Gasteiger partial charge in [-0.1, -0.05) is 15.9 Å². The van der Waals surface area contributed by atoms with E-state index in [9.17, 15) is 9.59 Å². The number of aromatic amines is 1. The number of fused-ring (bicyclic) bond motifs is 4. The second-order valence-electron chi connectivity index (χ2n) is 9.19. The van der Waals surface area contributed by atoms with Crippen molar-refractivity contribution in [1.29, 1.82) is 0 Å². The molecule has 34 heavy (non-hydrogen) atoms. The standard InChI is InChI=1S/C26H25BrN4O3/c27-18-5-7-21-19(14-18)22-23(34-21)25(32)30-24(29-22)15-8-11-31(12-9-15)26(33)17-4-6-20-16(13-17)3-1-2-10-28-20/h4-7,13-15,28H,1-3,8-12H2,(H,29,30,32). The van der Waals surface area contributed by atoms with Gasteiger partial charge in [0.05, 0.1) is 0 Å². The van der Waals surface area contributed by atoms with Crippen LogP contribution in [0.5, 0.6) is 0 Å². The number of amides is 1. The van der Waals surface area contributed by atoms with Crippen LogP contribution in [0.1, 0.15) is 53.3 Å². The van der Waals surface area contributed by atoms with Gasteiger partial charge in [0.25, 0.3) is 11.5 Å². The van der Waals surface area contributed by atoms with Crippen LogP contribution in [0.4, 0.5) is 5.69 Å². The summed E-state index contributed by atoms with van der Waals surface area (Å²) < 4.78 is 6.65. The van der Waals surface area contributed by atoms with E-state index in [1.807, 2.05) is 35.2 Å². The van der Waals surface area contributed by atoms with Crippen LogP contribution in [-0.2, 0) is 6.42 Å². The van der Waals surface area contributed by atoms with E-state index in [-0.39, 0.29) is 23.0 Å². The van der Waals surface area contributed by atoms with Gasteiger partial charge in [-0.15, -0.1) is 0 Å². The molecule has 0 atom stereocenters. The summed E-state index contributed by atoms with van der Waals surface area (Å²) in [4.78, 5) is 35.6. The quantitative estimate of drug-likeness (QED) is 0.379. The van der Waals surface area contributed by atoms with Crippen molar-refractivity contribution in [3.63, 3.8) is 0 Å². The zero-order valence-electron chi connectivity index (χ0n) is 18.7. The summed E-state index contributed by atoms with van der Waals surface area (Å²) in [5.41, 5.74) is 4.36. The number of benzene rings is 2. The van der Waals surface area contributed by atoms with Crippen LogP contribution >= 0.6 is 15.9 Å². The highest BCUT2D eigenvalue weighted by Crippen LogP contribution is 2.31. The summed E-state index contributed by atoms with van der Waals surface area (Å²) in [6.45, 7) is 2.26. The van der Waals surface area contributed by atoms with Gasteiger partial charge in [0.1, 0.15) is 16.9 Å². The fourth-order valence-electron chi connectivity index (χ4n) is 5.14. The average molecular weight is 521 g/mol. The highest BCUT2D eigenvalue weighted by Gasteiger charge is 2.27. The Balaban J connectivity index is 1.21. The number of aromatic nitrogens is 2. The van der Waals surface area contributed by atoms with Crippen molar-refractivity contribution in [2.24, 2.45) is 0 Å². The Bertz CT molecular complexity index is 1470. The summed E-state index contributed by atoms with van der Waals surface area (Å²) in [6.07, 6.45) is 4.81. The maximum atomic E-state index is 13.2. The molecule has 2 aliphatic rings. The van der Waals surface area contributed by atoms with Crippen molar-refractivity contribution in [1.82, 2.24) is 14.9 Å². The number of piperidine rings is 1. The van der Waals surface area contributed by atoms with Gasteiger partial charge in [0.2, 0.25) is 5.58 Å². The number of H-pyrrole nitrogens is 1. The lowest BCUT2D eigenvalue weighted by molar-refractivity contribution is 0.0711. The minimum absolute atomic E-state index is 0.0769. The van der Waals surface area contributed by atoms with Gasteiger partial charge < -0.3 is 19.6 Å². The fourth-order valence-corrected chi connectivity index (χ4v) is 5.51. The largest absolute Gasteiger partial charge is 0.449 e. The second kappa shape index (κ2) is 8.58. The van der Waals surface area contributed by atoms with Gasteiger partial charge in [-0.3, -0.25) is 9.59 Å². The molecule has 174 valence electrons. The monoisotopic (exact) mass is 520 g/mol. The number of anilines is 1. The van der Waals surface area contributed by atoms with Crippen LogP contribution < -0.4 is 10.9 Å². The molecular formula is C26H25BrN4O3. The number of furan rings is 1. The molecule has 0 bridgehead atoms. The first-order valence-electron chi connectivity index (χ1n) is 11.8. The number of nitrogens with one attached hydrogen (secondary N) is 2. The van der Waals surface area contributed by atoms with Gasteiger partial charge in [0.15, 0.2) is 0 Å². The van der Waals surface area contributed by atoms with E-state index in [4.69, 9.17) is 9.40 Å². The number of aryl methyl sites for hydroxylation is 1. The molecule has 1 saturated heterocycles. The Morgan fingerprint density at radius 2 is 1.97 bits per heavy atom. The van der Waals surface area contributed by atoms with Gasteiger partial charge in [-0.05, 0) is 74.1 Å². The maximum absolute atomic E-state index is 13.2. The summed E-state index contributed by atoms with van der Waals surface area (Å²) in [5, 5.41) is 4.28. The van der Waals surface area contributed by atoms with Crippen LogP contribution in [0.25, 0.3) is 22.1 Å². The topological polar surface area (TPSA) is 91.2 Å². The summed E-state index contributed by atoms with van der Waals surface area (Å²) in [6, 6.07) is 11.7. The third kappa shape index (κ3) is 3.79. The van der Waals surface area contributed by atoms with E-state index in [1.165, 1.54) is 5.56 Å². The maximum Gasteiger partial charge on any atom is 0.294 e. The molecule has 6 rings (SSSR count). The fraction of sp³-hybridized carbons (Fsp3) is 0.346. The molecule has 1 fully saturated rings. The van der Waals surface area contributed by atoms with E-state index in [1.54, 1.807) is 0 Å². The number of hydrogen-bond acceptors (Lipinski definition) is 5. The van der Waals surface area contributed by atoms with Gasteiger partial charge in [-0.25, -0.2) is 4.98 Å². The molecule has 2 aliphatic heterocycles. The Morgan fingerprint density at radius 3 is 2.82 bits per heavy atom. The van der Waals surface area contributed by atoms with Crippen LogP contribution in [-0.4, -0.2) is 40.4 Å². The van der Waals surface area contributed by atoms with Crippen molar-refractivity contribution in [2.75, 3.05) is 25.0 Å². The number of halogens is 1. The lowest BCUT2D eigenvalue weighted by Gasteiger charge is -2.31. The van der Waals surface area contributed by atoms with Crippen LogP contribution in [0.2, 0.25) is 0 Å². The predicted molar refractivity (Wildman–Crippen MR) is 136 cm³/mol. The van der Waals surface area contributed by atoms with Gasteiger partial charge in [-0.2, -0.15) is 0 Å². The van der Waals surface area contributed by atoms with Crippen molar-refractivity contribution >= 4 is 49.6 Å². The summed E-state index contributed by atoms with van der Waals surface area (Å²) in [5.74, 6) is 0.839.